The minimum Gasteiger partial charge on any atom is -0.465 e. The Morgan fingerprint density at radius 3 is 2.40 bits per heavy atom. The number of amides is 1. The number of carboxylic acid groups (broad SMARTS) is 1. The lowest BCUT2D eigenvalue weighted by Gasteiger charge is -2.49. The number of likely N-dealkylation sites (tertiary alicyclic amines) is 1. The van der Waals surface area contributed by atoms with E-state index in [4.69, 9.17) is 0 Å². The lowest BCUT2D eigenvalue weighted by atomic mass is 9.65. The van der Waals surface area contributed by atoms with Gasteiger partial charge in [0.2, 0.25) is 0 Å². The highest BCUT2D eigenvalue weighted by molar-refractivity contribution is 7.84. The Kier molecular flexibility index (Phi) is 4.48. The topological polar surface area (TPSA) is 69.6 Å². The fourth-order valence-electron chi connectivity index (χ4n) is 4.29. The van der Waals surface area contributed by atoms with Gasteiger partial charge in [0.15, 0.2) is 0 Å². The highest BCUT2D eigenvalue weighted by atomic mass is 32.2. The molecule has 0 saturated carbocycles. The van der Waals surface area contributed by atoms with E-state index in [0.717, 1.165) is 19.3 Å². The van der Waals surface area contributed by atoms with Crippen LogP contribution in [-0.4, -0.2) is 38.1 Å². The van der Waals surface area contributed by atoms with Gasteiger partial charge >= 0.3 is 6.09 Å². The number of hydrogen-bond donors (Lipinski definition) is 2. The van der Waals surface area contributed by atoms with Crippen LogP contribution >= 0.6 is 0 Å². The third-order valence-electron chi connectivity index (χ3n) is 5.99. The van der Waals surface area contributed by atoms with Crippen molar-refractivity contribution in [2.24, 2.45) is 5.41 Å². The zero-order chi connectivity index (χ0) is 18.5. The number of hydrogen-bond acceptors (Lipinski definition) is 2. The monoisotopic (exact) mass is 364 g/mol. The van der Waals surface area contributed by atoms with Gasteiger partial charge in [0.25, 0.3) is 0 Å². The van der Waals surface area contributed by atoms with Crippen molar-refractivity contribution in [3.8, 4) is 0 Å². The second-order valence-corrected chi connectivity index (χ2v) is 10.5. The van der Waals surface area contributed by atoms with Crippen LogP contribution in [0.15, 0.2) is 24.3 Å². The van der Waals surface area contributed by atoms with E-state index in [2.05, 4.69) is 23.8 Å². The molecule has 25 heavy (non-hydrogen) atoms. The van der Waals surface area contributed by atoms with Gasteiger partial charge in [0.1, 0.15) is 0 Å². The van der Waals surface area contributed by atoms with E-state index >= 15 is 0 Å². The molecule has 6 heteroatoms. The van der Waals surface area contributed by atoms with Crippen LogP contribution in [0.5, 0.6) is 0 Å². The van der Waals surface area contributed by atoms with Crippen LogP contribution in [0.25, 0.3) is 0 Å². The van der Waals surface area contributed by atoms with E-state index in [1.165, 1.54) is 16.0 Å². The summed E-state index contributed by atoms with van der Waals surface area (Å²) in [6, 6.07) is 8.35. The molecule has 1 unspecified atom stereocenters. The molecule has 1 aromatic rings. The Morgan fingerprint density at radius 1 is 1.24 bits per heavy atom. The second-order valence-electron chi connectivity index (χ2n) is 8.49. The fraction of sp³-hybridized carbons (Fsp3) is 0.632. The molecular weight excluding hydrogens is 336 g/mol. The van der Waals surface area contributed by atoms with Crippen LogP contribution in [0.2, 0.25) is 0 Å². The average Bonchev–Trinajstić information content (AvgIpc) is 2.76. The summed E-state index contributed by atoms with van der Waals surface area (Å²) in [7, 11) is -1.20. The lowest BCUT2D eigenvalue weighted by molar-refractivity contribution is 0.0408. The molecule has 1 fully saturated rings. The molecule has 1 aliphatic heterocycles. The van der Waals surface area contributed by atoms with Gasteiger partial charge in [-0.2, -0.15) is 0 Å². The maximum atomic E-state index is 12.9. The summed E-state index contributed by atoms with van der Waals surface area (Å²) in [5.41, 5.74) is 1.96. The summed E-state index contributed by atoms with van der Waals surface area (Å²) in [5, 5.41) is 9.29. The van der Waals surface area contributed by atoms with E-state index in [1.807, 2.05) is 32.9 Å². The molecule has 1 heterocycles. The van der Waals surface area contributed by atoms with Gasteiger partial charge in [-0.25, -0.2) is 13.7 Å². The van der Waals surface area contributed by atoms with Crippen molar-refractivity contribution in [3.05, 3.63) is 35.4 Å². The molecule has 138 valence electrons. The van der Waals surface area contributed by atoms with Crippen molar-refractivity contribution in [1.82, 2.24) is 9.62 Å². The fourth-order valence-corrected chi connectivity index (χ4v) is 5.30. The zero-order valence-electron chi connectivity index (χ0n) is 15.5. The van der Waals surface area contributed by atoms with Crippen molar-refractivity contribution in [2.45, 2.75) is 57.2 Å². The van der Waals surface area contributed by atoms with E-state index in [-0.39, 0.29) is 10.2 Å². The van der Waals surface area contributed by atoms with Crippen LogP contribution in [0, 0.1) is 5.41 Å². The summed E-state index contributed by atoms with van der Waals surface area (Å²) in [6.45, 7) is 9.13. The van der Waals surface area contributed by atoms with Gasteiger partial charge in [0.05, 0.1) is 21.3 Å². The highest BCUT2D eigenvalue weighted by Gasteiger charge is 2.56. The Bertz CT molecular complexity index is 705. The minimum absolute atomic E-state index is 0.108. The molecule has 1 spiro atoms. The number of nitrogens with zero attached hydrogens (tertiary/aromatic N) is 1. The number of benzene rings is 1. The number of nitrogens with one attached hydrogen (secondary N) is 1. The Balaban J connectivity index is 1.98. The molecule has 3 rings (SSSR count). The van der Waals surface area contributed by atoms with Crippen LogP contribution in [0.1, 0.15) is 51.7 Å². The summed E-state index contributed by atoms with van der Waals surface area (Å²) in [5.74, 6) is 0. The SMILES string of the molecule is CC(C)(C)S(=O)N[C@]1(C)c2ccccc2CC12CCN(C(=O)O)CC2. The summed E-state index contributed by atoms with van der Waals surface area (Å²) in [6.07, 6.45) is 1.61. The second kappa shape index (κ2) is 6.09. The van der Waals surface area contributed by atoms with Crippen molar-refractivity contribution < 1.29 is 14.1 Å². The van der Waals surface area contributed by atoms with Gasteiger partial charge in [-0.05, 0) is 58.1 Å². The quantitative estimate of drug-likeness (QED) is 0.846. The molecular formula is C19H28N2O3S. The molecule has 2 atom stereocenters. The van der Waals surface area contributed by atoms with Crippen molar-refractivity contribution >= 4 is 17.1 Å². The molecule has 2 N–H and O–H groups in total. The van der Waals surface area contributed by atoms with Gasteiger partial charge in [-0.1, -0.05) is 24.3 Å². The summed E-state index contributed by atoms with van der Waals surface area (Å²) < 4.78 is 16.0. The molecule has 1 saturated heterocycles. The van der Waals surface area contributed by atoms with Crippen molar-refractivity contribution in [1.29, 1.82) is 0 Å². The van der Waals surface area contributed by atoms with Gasteiger partial charge in [-0.15, -0.1) is 0 Å². The van der Waals surface area contributed by atoms with E-state index in [9.17, 15) is 14.1 Å². The maximum absolute atomic E-state index is 12.9. The maximum Gasteiger partial charge on any atom is 0.407 e. The zero-order valence-corrected chi connectivity index (χ0v) is 16.3. The molecule has 0 radical (unpaired) electrons. The average molecular weight is 365 g/mol. The molecule has 2 aliphatic rings. The highest BCUT2D eigenvalue weighted by Crippen LogP contribution is 2.56. The molecule has 1 aliphatic carbocycles. The Labute approximate surface area is 152 Å². The normalized spacial score (nSPS) is 26.5. The predicted molar refractivity (Wildman–Crippen MR) is 99.8 cm³/mol. The molecule has 1 amide bonds. The summed E-state index contributed by atoms with van der Waals surface area (Å²) >= 11 is 0. The molecule has 5 nitrogen and oxygen atoms in total. The predicted octanol–water partition coefficient (Wildman–Crippen LogP) is 3.27. The van der Waals surface area contributed by atoms with Gasteiger partial charge in [-0.3, -0.25) is 0 Å². The Morgan fingerprint density at radius 2 is 1.84 bits per heavy atom. The van der Waals surface area contributed by atoms with Crippen LogP contribution in [0.4, 0.5) is 4.79 Å². The molecule has 1 aromatic carbocycles. The van der Waals surface area contributed by atoms with E-state index < -0.39 is 22.6 Å². The molecule has 0 bridgehead atoms. The molecule has 0 aromatic heterocycles. The third-order valence-corrected chi connectivity index (χ3v) is 7.70. The van der Waals surface area contributed by atoms with Crippen LogP contribution < -0.4 is 4.72 Å². The number of rotatable bonds is 2. The van der Waals surface area contributed by atoms with Crippen LogP contribution in [-0.2, 0) is 22.9 Å². The largest absolute Gasteiger partial charge is 0.465 e. The smallest absolute Gasteiger partial charge is 0.407 e. The van der Waals surface area contributed by atoms with Gasteiger partial charge < -0.3 is 10.0 Å². The standard InChI is InChI=1S/C19H28N2O3S/c1-17(2,3)25(24)20-18(4)15-8-6-5-7-14(15)13-19(18)9-11-21(12-10-19)16(22)23/h5-8,20H,9-13H2,1-4H3,(H,22,23)/t18-,25?/m1/s1. The Hall–Kier alpha value is -1.40. The first-order valence-electron chi connectivity index (χ1n) is 8.85. The van der Waals surface area contributed by atoms with Crippen LogP contribution in [0.3, 0.4) is 0 Å². The third kappa shape index (κ3) is 2.99. The first-order chi connectivity index (χ1) is 11.6. The minimum atomic E-state index is -1.20. The number of fused-ring (bicyclic) bond motifs is 1. The summed E-state index contributed by atoms with van der Waals surface area (Å²) in [4.78, 5) is 12.8. The number of carbonyl (C=O) groups is 1. The van der Waals surface area contributed by atoms with E-state index in [0.29, 0.717) is 13.1 Å². The van der Waals surface area contributed by atoms with Gasteiger partial charge in [0, 0.05) is 18.5 Å². The van der Waals surface area contributed by atoms with E-state index in [1.54, 1.807) is 0 Å². The van der Waals surface area contributed by atoms with Crippen molar-refractivity contribution in [3.63, 3.8) is 0 Å². The number of piperidine rings is 1. The first kappa shape index (κ1) is 18.4. The lowest BCUT2D eigenvalue weighted by Crippen LogP contribution is -2.58. The first-order valence-corrected chi connectivity index (χ1v) is 10.0. The van der Waals surface area contributed by atoms with Crippen molar-refractivity contribution in [2.75, 3.05) is 13.1 Å².